The van der Waals surface area contributed by atoms with Gasteiger partial charge in [-0.3, -0.25) is 0 Å². The zero-order chi connectivity index (χ0) is 8.43. The molecule has 0 bridgehead atoms. The Labute approximate surface area is 69.9 Å². The molecule has 3 atom stereocenters. The first-order valence-electron chi connectivity index (χ1n) is 4.49. The van der Waals surface area contributed by atoms with Crippen LogP contribution < -0.4 is 5.32 Å². The first-order chi connectivity index (χ1) is 5.15. The van der Waals surface area contributed by atoms with Crippen molar-refractivity contribution in [2.75, 3.05) is 7.05 Å². The Morgan fingerprint density at radius 3 is 2.64 bits per heavy atom. The van der Waals surface area contributed by atoms with Crippen molar-refractivity contribution < 1.29 is 0 Å². The molecule has 1 aliphatic rings. The number of allylic oxidation sites excluding steroid dienone is 1. The second kappa shape index (κ2) is 3.40. The second-order valence-corrected chi connectivity index (χ2v) is 3.83. The monoisotopic (exact) mass is 153 g/mol. The Kier molecular flexibility index (Phi) is 2.72. The number of hydrogen-bond donors (Lipinski definition) is 1. The molecule has 0 aromatic carbocycles. The standard InChI is InChI=1S/C10H19N/c1-7-5-8(2)9(3)10(6-7)11-4/h5,8-11H,6H2,1-4H3/t8-,9+,10+/m0/s1. The van der Waals surface area contributed by atoms with E-state index in [1.807, 2.05) is 0 Å². The zero-order valence-electron chi connectivity index (χ0n) is 8.02. The minimum atomic E-state index is 0.690. The Morgan fingerprint density at radius 2 is 2.09 bits per heavy atom. The fourth-order valence-electron chi connectivity index (χ4n) is 1.93. The van der Waals surface area contributed by atoms with Gasteiger partial charge in [0.1, 0.15) is 0 Å². The Morgan fingerprint density at radius 1 is 1.45 bits per heavy atom. The molecule has 0 radical (unpaired) electrons. The van der Waals surface area contributed by atoms with Crippen LogP contribution in [0.2, 0.25) is 0 Å². The zero-order valence-corrected chi connectivity index (χ0v) is 8.02. The third-order valence-corrected chi connectivity index (χ3v) is 2.92. The van der Waals surface area contributed by atoms with Crippen LogP contribution in [-0.2, 0) is 0 Å². The van der Waals surface area contributed by atoms with Crippen molar-refractivity contribution in [1.29, 1.82) is 0 Å². The summed E-state index contributed by atoms with van der Waals surface area (Å²) in [5.74, 6) is 1.52. The SMILES string of the molecule is CN[C@@H]1CC(C)=C[C@H](C)[C@H]1C. The van der Waals surface area contributed by atoms with Gasteiger partial charge in [-0.25, -0.2) is 0 Å². The molecule has 0 spiro atoms. The van der Waals surface area contributed by atoms with Gasteiger partial charge in [-0.15, -0.1) is 0 Å². The van der Waals surface area contributed by atoms with E-state index in [0.29, 0.717) is 6.04 Å². The van der Waals surface area contributed by atoms with Crippen LogP contribution in [0.15, 0.2) is 11.6 Å². The lowest BCUT2D eigenvalue weighted by molar-refractivity contribution is 0.313. The van der Waals surface area contributed by atoms with Crippen molar-refractivity contribution in [3.63, 3.8) is 0 Å². The lowest BCUT2D eigenvalue weighted by atomic mass is 9.80. The van der Waals surface area contributed by atoms with Crippen molar-refractivity contribution in [3.8, 4) is 0 Å². The second-order valence-electron chi connectivity index (χ2n) is 3.83. The molecular weight excluding hydrogens is 134 g/mol. The van der Waals surface area contributed by atoms with Crippen molar-refractivity contribution in [2.24, 2.45) is 11.8 Å². The smallest absolute Gasteiger partial charge is 0.0132 e. The van der Waals surface area contributed by atoms with Crippen LogP contribution >= 0.6 is 0 Å². The Balaban J connectivity index is 2.67. The minimum Gasteiger partial charge on any atom is -0.316 e. The Hall–Kier alpha value is -0.300. The van der Waals surface area contributed by atoms with E-state index in [1.165, 1.54) is 12.0 Å². The fraction of sp³-hybridized carbons (Fsp3) is 0.800. The summed E-state index contributed by atoms with van der Waals surface area (Å²) in [5.41, 5.74) is 1.54. The molecule has 64 valence electrons. The van der Waals surface area contributed by atoms with Gasteiger partial charge in [0.15, 0.2) is 0 Å². The van der Waals surface area contributed by atoms with Crippen molar-refractivity contribution in [2.45, 2.75) is 33.2 Å². The fourth-order valence-corrected chi connectivity index (χ4v) is 1.93. The van der Waals surface area contributed by atoms with Crippen LogP contribution in [0.25, 0.3) is 0 Å². The van der Waals surface area contributed by atoms with E-state index in [1.54, 1.807) is 0 Å². The predicted octanol–water partition coefficient (Wildman–Crippen LogP) is 2.20. The molecule has 11 heavy (non-hydrogen) atoms. The van der Waals surface area contributed by atoms with E-state index in [-0.39, 0.29) is 0 Å². The summed E-state index contributed by atoms with van der Waals surface area (Å²) >= 11 is 0. The summed E-state index contributed by atoms with van der Waals surface area (Å²) < 4.78 is 0. The van der Waals surface area contributed by atoms with Crippen molar-refractivity contribution in [3.05, 3.63) is 11.6 Å². The van der Waals surface area contributed by atoms with Gasteiger partial charge in [0, 0.05) is 6.04 Å². The third kappa shape index (κ3) is 1.84. The number of nitrogens with one attached hydrogen (secondary N) is 1. The highest BCUT2D eigenvalue weighted by Gasteiger charge is 2.24. The van der Waals surface area contributed by atoms with E-state index in [2.05, 4.69) is 39.2 Å². The molecule has 0 aromatic heterocycles. The summed E-state index contributed by atoms with van der Waals surface area (Å²) in [4.78, 5) is 0. The molecule has 0 saturated heterocycles. The maximum atomic E-state index is 3.37. The van der Waals surface area contributed by atoms with Gasteiger partial charge >= 0.3 is 0 Å². The summed E-state index contributed by atoms with van der Waals surface area (Å²) in [6, 6.07) is 0.690. The molecule has 1 rings (SSSR count). The highest BCUT2D eigenvalue weighted by atomic mass is 14.9. The predicted molar refractivity (Wildman–Crippen MR) is 49.5 cm³/mol. The van der Waals surface area contributed by atoms with Crippen LogP contribution in [0.3, 0.4) is 0 Å². The van der Waals surface area contributed by atoms with Crippen molar-refractivity contribution >= 4 is 0 Å². The molecule has 1 nitrogen and oxygen atoms in total. The Bertz CT molecular complexity index is 160. The highest BCUT2D eigenvalue weighted by molar-refractivity contribution is 5.09. The summed E-state index contributed by atoms with van der Waals surface area (Å²) in [6.45, 7) is 6.86. The summed E-state index contributed by atoms with van der Waals surface area (Å²) in [6.07, 6.45) is 3.63. The van der Waals surface area contributed by atoms with Gasteiger partial charge in [0.2, 0.25) is 0 Å². The molecule has 1 N–H and O–H groups in total. The van der Waals surface area contributed by atoms with Crippen LogP contribution in [0, 0.1) is 11.8 Å². The van der Waals surface area contributed by atoms with Gasteiger partial charge in [-0.2, -0.15) is 0 Å². The normalized spacial score (nSPS) is 38.5. The maximum Gasteiger partial charge on any atom is 0.0132 e. The molecule has 0 unspecified atom stereocenters. The van der Waals surface area contributed by atoms with Crippen LogP contribution in [0.1, 0.15) is 27.2 Å². The van der Waals surface area contributed by atoms with E-state index >= 15 is 0 Å². The lowest BCUT2D eigenvalue weighted by Crippen LogP contribution is -2.37. The molecule has 0 aliphatic heterocycles. The number of rotatable bonds is 1. The average molecular weight is 153 g/mol. The molecule has 1 aliphatic carbocycles. The van der Waals surface area contributed by atoms with Crippen molar-refractivity contribution in [1.82, 2.24) is 5.32 Å². The van der Waals surface area contributed by atoms with Gasteiger partial charge in [-0.05, 0) is 32.2 Å². The van der Waals surface area contributed by atoms with Gasteiger partial charge in [0.25, 0.3) is 0 Å². The molecular formula is C10H19N. The highest BCUT2D eigenvalue weighted by Crippen LogP contribution is 2.27. The van der Waals surface area contributed by atoms with Gasteiger partial charge < -0.3 is 5.32 Å². The van der Waals surface area contributed by atoms with Gasteiger partial charge in [-0.1, -0.05) is 25.5 Å². The molecule has 1 heteroatoms. The summed E-state index contributed by atoms with van der Waals surface area (Å²) in [7, 11) is 2.06. The molecule has 0 amide bonds. The van der Waals surface area contributed by atoms with E-state index in [0.717, 1.165) is 11.8 Å². The van der Waals surface area contributed by atoms with Gasteiger partial charge in [0.05, 0.1) is 0 Å². The molecule has 0 fully saturated rings. The largest absolute Gasteiger partial charge is 0.316 e. The molecule has 0 aromatic rings. The van der Waals surface area contributed by atoms with E-state index in [4.69, 9.17) is 0 Å². The van der Waals surface area contributed by atoms with E-state index in [9.17, 15) is 0 Å². The lowest BCUT2D eigenvalue weighted by Gasteiger charge is -2.32. The maximum absolute atomic E-state index is 3.37. The quantitative estimate of drug-likeness (QED) is 0.569. The van der Waals surface area contributed by atoms with Crippen LogP contribution in [0.4, 0.5) is 0 Å². The van der Waals surface area contributed by atoms with Crippen LogP contribution in [-0.4, -0.2) is 13.1 Å². The first-order valence-corrected chi connectivity index (χ1v) is 4.49. The average Bonchev–Trinajstić information content (AvgIpc) is 1.96. The molecule has 0 saturated carbocycles. The van der Waals surface area contributed by atoms with E-state index < -0.39 is 0 Å². The topological polar surface area (TPSA) is 12.0 Å². The number of hydrogen-bond acceptors (Lipinski definition) is 1. The third-order valence-electron chi connectivity index (χ3n) is 2.92. The first kappa shape index (κ1) is 8.79. The molecule has 0 heterocycles. The van der Waals surface area contributed by atoms with Crippen LogP contribution in [0.5, 0.6) is 0 Å². The summed E-state index contributed by atoms with van der Waals surface area (Å²) in [5, 5.41) is 3.37. The minimum absolute atomic E-state index is 0.690.